The average Bonchev–Trinajstić information content (AvgIpc) is 2.48. The molecule has 0 radical (unpaired) electrons. The molecule has 1 fully saturated rings. The summed E-state index contributed by atoms with van der Waals surface area (Å²) in [6.45, 7) is 4.42. The summed E-state index contributed by atoms with van der Waals surface area (Å²) < 4.78 is 5.45. The van der Waals surface area contributed by atoms with Gasteiger partial charge in [-0.3, -0.25) is 9.78 Å². The van der Waals surface area contributed by atoms with E-state index in [-0.39, 0.29) is 6.04 Å². The van der Waals surface area contributed by atoms with Crippen LogP contribution in [0.3, 0.4) is 0 Å². The number of aliphatic carboxylic acids is 1. The smallest absolute Gasteiger partial charge is 0.311 e. The van der Waals surface area contributed by atoms with Crippen molar-refractivity contribution in [2.45, 2.75) is 52.0 Å². The van der Waals surface area contributed by atoms with E-state index < -0.39 is 11.4 Å². The molecule has 1 saturated carbocycles. The lowest BCUT2D eigenvalue weighted by molar-refractivity contribution is -0.150. The average molecular weight is 293 g/mol. The predicted molar refractivity (Wildman–Crippen MR) is 79.4 cm³/mol. The van der Waals surface area contributed by atoms with Crippen molar-refractivity contribution in [3.8, 4) is 5.88 Å². The van der Waals surface area contributed by atoms with Gasteiger partial charge in [0.2, 0.25) is 5.88 Å². The number of carboxylic acids is 1. The number of hydrogen-bond donors (Lipinski definition) is 2. The van der Waals surface area contributed by atoms with Crippen LogP contribution in [0.5, 0.6) is 5.88 Å². The van der Waals surface area contributed by atoms with E-state index in [4.69, 9.17) is 4.74 Å². The number of rotatable bonds is 6. The molecule has 116 valence electrons. The minimum Gasteiger partial charge on any atom is -0.481 e. The highest BCUT2D eigenvalue weighted by molar-refractivity contribution is 5.76. The Bertz CT molecular complexity index is 495. The summed E-state index contributed by atoms with van der Waals surface area (Å²) in [7, 11) is 0. The molecule has 2 rings (SSSR count). The van der Waals surface area contributed by atoms with Crippen LogP contribution >= 0.6 is 0 Å². The standard InChI is InChI=1S/C15H23N3O3/c1-3-8-21-13-10-16-9-12(18-13)17-11-6-4-5-7-15(11,2)14(19)20/h9-11H,3-8H2,1-2H3,(H,17,18)(H,19,20). The zero-order valence-corrected chi connectivity index (χ0v) is 12.6. The highest BCUT2D eigenvalue weighted by atomic mass is 16.5. The molecule has 2 atom stereocenters. The molecule has 1 aliphatic carbocycles. The van der Waals surface area contributed by atoms with Crippen molar-refractivity contribution in [1.29, 1.82) is 0 Å². The number of hydrogen-bond acceptors (Lipinski definition) is 5. The first kappa shape index (κ1) is 15.5. The second-order valence-corrected chi connectivity index (χ2v) is 5.76. The zero-order valence-electron chi connectivity index (χ0n) is 12.6. The van der Waals surface area contributed by atoms with E-state index in [2.05, 4.69) is 15.3 Å². The van der Waals surface area contributed by atoms with Crippen LogP contribution in [-0.2, 0) is 4.79 Å². The van der Waals surface area contributed by atoms with Crippen molar-refractivity contribution in [3.05, 3.63) is 12.4 Å². The van der Waals surface area contributed by atoms with E-state index in [1.165, 1.54) is 0 Å². The van der Waals surface area contributed by atoms with Gasteiger partial charge >= 0.3 is 5.97 Å². The van der Waals surface area contributed by atoms with Gasteiger partial charge in [-0.2, -0.15) is 4.98 Å². The number of carboxylic acid groups (broad SMARTS) is 1. The number of nitrogens with one attached hydrogen (secondary N) is 1. The monoisotopic (exact) mass is 293 g/mol. The Morgan fingerprint density at radius 1 is 1.52 bits per heavy atom. The van der Waals surface area contributed by atoms with Crippen LogP contribution in [-0.4, -0.2) is 33.7 Å². The Balaban J connectivity index is 2.10. The van der Waals surface area contributed by atoms with Crippen LogP contribution in [0.2, 0.25) is 0 Å². The second-order valence-electron chi connectivity index (χ2n) is 5.76. The Labute approximate surface area is 124 Å². The van der Waals surface area contributed by atoms with E-state index in [0.29, 0.717) is 24.7 Å². The SMILES string of the molecule is CCCOc1cncc(NC2CCCCC2(C)C(=O)O)n1. The number of ether oxygens (including phenoxy) is 1. The molecule has 1 heterocycles. The van der Waals surface area contributed by atoms with Gasteiger partial charge in [-0.25, -0.2) is 0 Å². The minimum absolute atomic E-state index is 0.139. The van der Waals surface area contributed by atoms with Crippen LogP contribution in [0.4, 0.5) is 5.82 Å². The van der Waals surface area contributed by atoms with E-state index in [1.54, 1.807) is 19.3 Å². The molecular formula is C15H23N3O3. The lowest BCUT2D eigenvalue weighted by Gasteiger charge is -2.38. The van der Waals surface area contributed by atoms with Gasteiger partial charge in [0.05, 0.1) is 24.4 Å². The van der Waals surface area contributed by atoms with Gasteiger partial charge in [0, 0.05) is 6.04 Å². The molecule has 0 aromatic carbocycles. The van der Waals surface area contributed by atoms with Crippen LogP contribution in [0.25, 0.3) is 0 Å². The highest BCUT2D eigenvalue weighted by Gasteiger charge is 2.43. The first-order valence-electron chi connectivity index (χ1n) is 7.51. The Kier molecular flexibility index (Phi) is 4.98. The van der Waals surface area contributed by atoms with Gasteiger partial charge in [-0.15, -0.1) is 0 Å². The first-order chi connectivity index (χ1) is 10.1. The fourth-order valence-electron chi connectivity index (χ4n) is 2.69. The highest BCUT2D eigenvalue weighted by Crippen LogP contribution is 2.38. The summed E-state index contributed by atoms with van der Waals surface area (Å²) in [6, 6.07) is -0.139. The van der Waals surface area contributed by atoms with Crippen LogP contribution < -0.4 is 10.1 Å². The number of anilines is 1. The zero-order chi connectivity index (χ0) is 15.3. The number of nitrogens with zero attached hydrogens (tertiary/aromatic N) is 2. The molecule has 6 nitrogen and oxygen atoms in total. The molecule has 0 bridgehead atoms. The largest absolute Gasteiger partial charge is 0.481 e. The molecule has 21 heavy (non-hydrogen) atoms. The lowest BCUT2D eigenvalue weighted by atomic mass is 9.71. The first-order valence-corrected chi connectivity index (χ1v) is 7.51. The molecule has 2 unspecified atom stereocenters. The van der Waals surface area contributed by atoms with Crippen LogP contribution in [0, 0.1) is 5.41 Å². The van der Waals surface area contributed by atoms with Crippen molar-refractivity contribution in [2.75, 3.05) is 11.9 Å². The van der Waals surface area contributed by atoms with Crippen LogP contribution in [0.15, 0.2) is 12.4 Å². The Morgan fingerprint density at radius 3 is 3.05 bits per heavy atom. The van der Waals surface area contributed by atoms with Crippen molar-refractivity contribution >= 4 is 11.8 Å². The van der Waals surface area contributed by atoms with Gasteiger partial charge in [-0.05, 0) is 26.2 Å². The van der Waals surface area contributed by atoms with Crippen molar-refractivity contribution in [2.24, 2.45) is 5.41 Å². The summed E-state index contributed by atoms with van der Waals surface area (Å²) in [5.74, 6) is 0.281. The predicted octanol–water partition coefficient (Wildman–Crippen LogP) is 2.71. The number of carbonyl (C=O) groups is 1. The molecular weight excluding hydrogens is 270 g/mol. The Hall–Kier alpha value is -1.85. The maximum absolute atomic E-state index is 11.6. The molecule has 6 heteroatoms. The molecule has 0 amide bonds. The van der Waals surface area contributed by atoms with Crippen molar-refractivity contribution in [3.63, 3.8) is 0 Å². The molecule has 1 aromatic heterocycles. The third-order valence-electron chi connectivity index (χ3n) is 4.09. The lowest BCUT2D eigenvalue weighted by Crippen LogP contribution is -2.46. The maximum Gasteiger partial charge on any atom is 0.311 e. The molecule has 2 N–H and O–H groups in total. The molecule has 0 aliphatic heterocycles. The van der Waals surface area contributed by atoms with Crippen molar-refractivity contribution < 1.29 is 14.6 Å². The van der Waals surface area contributed by atoms with Gasteiger partial charge in [-0.1, -0.05) is 19.8 Å². The van der Waals surface area contributed by atoms with Crippen molar-refractivity contribution in [1.82, 2.24) is 9.97 Å². The summed E-state index contributed by atoms with van der Waals surface area (Å²) in [6.07, 6.45) is 7.56. The van der Waals surface area contributed by atoms with E-state index in [0.717, 1.165) is 25.7 Å². The van der Waals surface area contributed by atoms with Gasteiger partial charge in [0.25, 0.3) is 0 Å². The van der Waals surface area contributed by atoms with Gasteiger partial charge in [0.1, 0.15) is 5.82 Å². The summed E-state index contributed by atoms with van der Waals surface area (Å²) in [5, 5.41) is 12.8. The fourth-order valence-corrected chi connectivity index (χ4v) is 2.69. The molecule has 0 saturated heterocycles. The summed E-state index contributed by atoms with van der Waals surface area (Å²) >= 11 is 0. The van der Waals surface area contributed by atoms with E-state index in [1.807, 2.05) is 6.92 Å². The fraction of sp³-hybridized carbons (Fsp3) is 0.667. The summed E-state index contributed by atoms with van der Waals surface area (Å²) in [5.41, 5.74) is -0.764. The Morgan fingerprint density at radius 2 is 2.33 bits per heavy atom. The van der Waals surface area contributed by atoms with Gasteiger partial charge < -0.3 is 15.2 Å². The van der Waals surface area contributed by atoms with Gasteiger partial charge in [0.15, 0.2) is 0 Å². The van der Waals surface area contributed by atoms with Crippen LogP contribution in [0.1, 0.15) is 46.0 Å². The third kappa shape index (κ3) is 3.62. The molecule has 1 aliphatic rings. The third-order valence-corrected chi connectivity index (χ3v) is 4.09. The van der Waals surface area contributed by atoms with E-state index >= 15 is 0 Å². The molecule has 0 spiro atoms. The maximum atomic E-state index is 11.6. The summed E-state index contributed by atoms with van der Waals surface area (Å²) in [4.78, 5) is 20.0. The second kappa shape index (κ2) is 6.74. The van der Waals surface area contributed by atoms with E-state index in [9.17, 15) is 9.90 Å². The minimum atomic E-state index is -0.764. The number of aromatic nitrogens is 2. The quantitative estimate of drug-likeness (QED) is 0.839. The topological polar surface area (TPSA) is 84.3 Å². The normalized spacial score (nSPS) is 25.3. The molecule has 1 aromatic rings.